The number of anilines is 1. The molecule has 2 aromatic heterocycles. The van der Waals surface area contributed by atoms with Gasteiger partial charge in [-0.3, -0.25) is 9.78 Å². The maximum atomic E-state index is 11.6. The van der Waals surface area contributed by atoms with Crippen molar-refractivity contribution in [2.24, 2.45) is 0 Å². The highest BCUT2D eigenvalue weighted by molar-refractivity contribution is 5.76. The summed E-state index contributed by atoms with van der Waals surface area (Å²) in [6, 6.07) is 1.64. The monoisotopic (exact) mass is 252 g/mol. The van der Waals surface area contributed by atoms with Crippen molar-refractivity contribution in [1.29, 1.82) is 0 Å². The highest BCUT2D eigenvalue weighted by atomic mass is 16.7. The predicted octanol–water partition coefficient (Wildman–Crippen LogP) is -0.829. The second kappa shape index (κ2) is 4.09. The van der Waals surface area contributed by atoms with E-state index in [0.717, 1.165) is 0 Å². The number of nitrogens with two attached hydrogens (primary N) is 1. The van der Waals surface area contributed by atoms with Gasteiger partial charge >= 0.3 is 0 Å². The van der Waals surface area contributed by atoms with Gasteiger partial charge < -0.3 is 24.9 Å². The molecule has 2 aromatic rings. The van der Waals surface area contributed by atoms with Gasteiger partial charge in [-0.05, 0) is 6.07 Å². The lowest BCUT2D eigenvalue weighted by atomic mass is 10.4. The van der Waals surface area contributed by atoms with E-state index in [2.05, 4.69) is 9.97 Å². The molecular weight excluding hydrogens is 240 g/mol. The molecule has 0 spiro atoms. The molecule has 18 heavy (non-hydrogen) atoms. The van der Waals surface area contributed by atoms with Gasteiger partial charge in [0.1, 0.15) is 0 Å². The Morgan fingerprint density at radius 3 is 3.22 bits per heavy atom. The lowest BCUT2D eigenvalue weighted by Crippen LogP contribution is -2.16. The smallest absolute Gasteiger partial charge is 0.261 e. The van der Waals surface area contributed by atoms with Crippen molar-refractivity contribution >= 4 is 17.0 Å². The summed E-state index contributed by atoms with van der Waals surface area (Å²) in [5, 5.41) is 9.36. The number of rotatable bonds is 2. The second-order valence-corrected chi connectivity index (χ2v) is 3.95. The minimum absolute atomic E-state index is 0.0464. The molecule has 4 N–H and O–H groups in total. The van der Waals surface area contributed by atoms with Gasteiger partial charge in [-0.2, -0.15) is 4.98 Å². The van der Waals surface area contributed by atoms with E-state index in [9.17, 15) is 4.79 Å². The van der Waals surface area contributed by atoms with Gasteiger partial charge in [-0.1, -0.05) is 0 Å². The number of nitrogens with zero attached hydrogens (tertiary/aromatic N) is 2. The van der Waals surface area contributed by atoms with Crippen molar-refractivity contribution in [2.45, 2.75) is 12.5 Å². The van der Waals surface area contributed by atoms with E-state index in [1.54, 1.807) is 16.8 Å². The molecule has 8 nitrogen and oxygen atoms in total. The van der Waals surface area contributed by atoms with Crippen LogP contribution in [0.4, 0.5) is 5.95 Å². The first-order valence-corrected chi connectivity index (χ1v) is 5.43. The third-order valence-corrected chi connectivity index (χ3v) is 2.79. The number of hydrogen-bond acceptors (Lipinski definition) is 6. The number of nitrogens with one attached hydrogen (secondary N) is 1. The summed E-state index contributed by atoms with van der Waals surface area (Å²) in [7, 11) is 0. The van der Waals surface area contributed by atoms with Gasteiger partial charge in [0.15, 0.2) is 18.2 Å². The number of fused-ring (bicyclic) bond motifs is 1. The summed E-state index contributed by atoms with van der Waals surface area (Å²) in [6.07, 6.45) is 0.611. The molecule has 0 aliphatic carbocycles. The maximum absolute atomic E-state index is 11.6. The highest BCUT2D eigenvalue weighted by Gasteiger charge is 2.28. The number of nitrogen functional groups attached to an aromatic ring is 1. The van der Waals surface area contributed by atoms with Crippen LogP contribution in [-0.2, 0) is 9.47 Å². The van der Waals surface area contributed by atoms with Crippen LogP contribution in [0.3, 0.4) is 0 Å². The number of aliphatic hydroxyl groups excluding tert-OH is 1. The van der Waals surface area contributed by atoms with Crippen molar-refractivity contribution in [1.82, 2.24) is 14.5 Å². The second-order valence-electron chi connectivity index (χ2n) is 3.95. The first-order chi connectivity index (χ1) is 8.69. The predicted molar refractivity (Wildman–Crippen MR) is 61.7 cm³/mol. The van der Waals surface area contributed by atoms with Crippen LogP contribution in [0.2, 0.25) is 0 Å². The number of hydrogen-bond donors (Lipinski definition) is 3. The van der Waals surface area contributed by atoms with Crippen LogP contribution in [0.25, 0.3) is 11.0 Å². The van der Waals surface area contributed by atoms with Crippen LogP contribution in [0, 0.1) is 0 Å². The molecule has 1 fully saturated rings. The molecule has 2 atom stereocenters. The molecule has 0 radical (unpaired) electrons. The molecule has 0 saturated carbocycles. The molecule has 3 heterocycles. The van der Waals surface area contributed by atoms with E-state index in [1.807, 2.05) is 0 Å². The summed E-state index contributed by atoms with van der Waals surface area (Å²) in [4.78, 5) is 18.1. The van der Waals surface area contributed by atoms with Crippen LogP contribution < -0.4 is 11.3 Å². The van der Waals surface area contributed by atoms with E-state index in [4.69, 9.17) is 20.3 Å². The number of aliphatic hydroxyl groups is 1. The van der Waals surface area contributed by atoms with Crippen LogP contribution in [-0.4, -0.2) is 39.1 Å². The summed E-state index contributed by atoms with van der Waals surface area (Å²) in [6.45, 7) is 0.0647. The van der Waals surface area contributed by atoms with Crippen LogP contribution >= 0.6 is 0 Å². The topological polar surface area (TPSA) is 115 Å². The van der Waals surface area contributed by atoms with Crippen molar-refractivity contribution in [2.75, 3.05) is 18.9 Å². The van der Waals surface area contributed by atoms with E-state index >= 15 is 0 Å². The largest absolute Gasteiger partial charge is 0.391 e. The van der Waals surface area contributed by atoms with Crippen molar-refractivity contribution in [3.63, 3.8) is 0 Å². The Bertz CT molecular complexity index is 634. The Labute approximate surface area is 101 Å². The molecule has 0 unspecified atom stereocenters. The third kappa shape index (κ3) is 1.67. The quantitative estimate of drug-likeness (QED) is 0.642. The van der Waals surface area contributed by atoms with Crippen LogP contribution in [0.15, 0.2) is 17.1 Å². The average molecular weight is 252 g/mol. The van der Waals surface area contributed by atoms with Gasteiger partial charge in [0.2, 0.25) is 5.95 Å². The third-order valence-electron chi connectivity index (χ3n) is 2.79. The average Bonchev–Trinajstić information content (AvgIpc) is 2.93. The molecule has 3 rings (SSSR count). The fourth-order valence-corrected chi connectivity index (χ4v) is 1.98. The Morgan fingerprint density at radius 1 is 1.67 bits per heavy atom. The van der Waals surface area contributed by atoms with E-state index in [-0.39, 0.29) is 24.7 Å². The zero-order valence-corrected chi connectivity index (χ0v) is 9.37. The number of ether oxygens (including phenoxy) is 2. The summed E-state index contributed by atoms with van der Waals surface area (Å²) in [5.41, 5.74) is 5.65. The SMILES string of the molecule is Nc1nc2c(ccn2[C@H]2CO[C@@H](CO)O2)c(=O)[nH]1. The first-order valence-electron chi connectivity index (χ1n) is 5.43. The highest BCUT2D eigenvalue weighted by Crippen LogP contribution is 2.24. The normalized spacial score (nSPS) is 23.8. The molecule has 8 heteroatoms. The Kier molecular flexibility index (Phi) is 2.54. The number of aromatic amines is 1. The fourth-order valence-electron chi connectivity index (χ4n) is 1.98. The molecule has 0 bridgehead atoms. The molecule has 1 saturated heterocycles. The lowest BCUT2D eigenvalue weighted by Gasteiger charge is -2.12. The number of H-pyrrole nitrogens is 1. The van der Waals surface area contributed by atoms with Gasteiger partial charge in [0.25, 0.3) is 5.56 Å². The summed E-state index contributed by atoms with van der Waals surface area (Å²) in [5.74, 6) is 0.0464. The van der Waals surface area contributed by atoms with Crippen molar-refractivity contribution in [3.05, 3.63) is 22.6 Å². The fraction of sp³-hybridized carbons (Fsp3) is 0.400. The molecule has 0 amide bonds. The summed E-state index contributed by atoms with van der Waals surface area (Å²) < 4.78 is 12.3. The molecule has 1 aliphatic rings. The minimum atomic E-state index is -0.646. The Morgan fingerprint density at radius 2 is 2.50 bits per heavy atom. The van der Waals surface area contributed by atoms with E-state index in [1.165, 1.54) is 0 Å². The lowest BCUT2D eigenvalue weighted by molar-refractivity contribution is -0.0979. The van der Waals surface area contributed by atoms with Crippen molar-refractivity contribution < 1.29 is 14.6 Å². The molecular formula is C10H12N4O4. The van der Waals surface area contributed by atoms with Crippen LogP contribution in [0.1, 0.15) is 6.23 Å². The van der Waals surface area contributed by atoms with Gasteiger partial charge in [-0.25, -0.2) is 0 Å². The first kappa shape index (κ1) is 11.2. The standard InChI is InChI=1S/C10H12N4O4/c11-10-12-8-5(9(16)13-10)1-2-14(8)6-4-17-7(3-15)18-6/h1-2,6-7,15H,3-4H2,(H3,11,12,13,16)/t6-,7-/m1/s1. The zero-order chi connectivity index (χ0) is 12.7. The Balaban J connectivity index is 2.05. The molecule has 96 valence electrons. The zero-order valence-electron chi connectivity index (χ0n) is 9.37. The maximum Gasteiger partial charge on any atom is 0.261 e. The molecule has 1 aliphatic heterocycles. The van der Waals surface area contributed by atoms with Crippen molar-refractivity contribution in [3.8, 4) is 0 Å². The van der Waals surface area contributed by atoms with Crippen LogP contribution in [0.5, 0.6) is 0 Å². The van der Waals surface area contributed by atoms with Gasteiger partial charge in [0.05, 0.1) is 18.6 Å². The van der Waals surface area contributed by atoms with Gasteiger partial charge in [-0.15, -0.1) is 0 Å². The summed E-state index contributed by atoms with van der Waals surface area (Å²) >= 11 is 0. The Hall–Kier alpha value is -1.90. The van der Waals surface area contributed by atoms with E-state index < -0.39 is 12.5 Å². The minimum Gasteiger partial charge on any atom is -0.391 e. The number of aromatic nitrogens is 3. The molecule has 0 aromatic carbocycles. The van der Waals surface area contributed by atoms with Gasteiger partial charge in [0, 0.05) is 6.20 Å². The van der Waals surface area contributed by atoms with E-state index in [0.29, 0.717) is 11.0 Å².